The summed E-state index contributed by atoms with van der Waals surface area (Å²) >= 11 is 0. The van der Waals surface area contributed by atoms with Crippen molar-refractivity contribution in [2.45, 2.75) is 298 Å². The van der Waals surface area contributed by atoms with Gasteiger partial charge in [-0.25, -0.2) is 0 Å². The summed E-state index contributed by atoms with van der Waals surface area (Å²) in [7, 11) is 0. The van der Waals surface area contributed by atoms with Gasteiger partial charge in [-0.1, -0.05) is 253 Å². The van der Waals surface area contributed by atoms with E-state index in [1.165, 1.54) is 180 Å². The highest BCUT2D eigenvalue weighted by Gasteiger charge is 2.19. The average Bonchev–Trinajstić information content (AvgIpc) is 3.22. The van der Waals surface area contributed by atoms with Crippen LogP contribution in [0.5, 0.6) is 0 Å². The van der Waals surface area contributed by atoms with Crippen LogP contribution in [0.3, 0.4) is 0 Å². The van der Waals surface area contributed by atoms with Crippen LogP contribution in [0.2, 0.25) is 0 Å². The average molecular weight is 835 g/mol. The molecule has 0 aromatic carbocycles. The third-order valence-corrected chi connectivity index (χ3v) is 12.3. The first-order valence-electron chi connectivity index (χ1n) is 26.3. The predicted octanol–water partition coefficient (Wildman–Crippen LogP) is 16.9. The molecule has 2 atom stereocenters. The molecule has 0 aliphatic heterocycles. The Morgan fingerprint density at radius 3 is 0.966 bits per heavy atom. The van der Waals surface area contributed by atoms with Crippen LogP contribution in [0, 0.1) is 11.8 Å². The predicted molar refractivity (Wildman–Crippen MR) is 252 cm³/mol. The summed E-state index contributed by atoms with van der Waals surface area (Å²) in [6.07, 6.45) is 46.7. The smallest absolute Gasteiger partial charge is 0.306 e. The Balaban J connectivity index is 4.15. The van der Waals surface area contributed by atoms with Crippen LogP contribution < -0.4 is 0 Å². The molecule has 0 amide bonds. The zero-order chi connectivity index (χ0) is 43.3. The number of esters is 3. The second-order valence-electron chi connectivity index (χ2n) is 18.9. The Morgan fingerprint density at radius 1 is 0.356 bits per heavy atom. The van der Waals surface area contributed by atoms with E-state index < -0.39 is 6.10 Å². The molecule has 0 heterocycles. The Labute approximate surface area is 368 Å². The minimum absolute atomic E-state index is 0.0641. The summed E-state index contributed by atoms with van der Waals surface area (Å²) in [5, 5.41) is 0. The van der Waals surface area contributed by atoms with E-state index in [9.17, 15) is 14.4 Å². The third kappa shape index (κ3) is 45.8. The SMILES string of the molecule is CCCCCCCCCC(=O)O[C@@H](COC(=O)CCCCCCCCCCCCCCCCC(C)CC)COC(=O)CCCCCCCCCCCCCCCC(C)C. The molecule has 0 bridgehead atoms. The van der Waals surface area contributed by atoms with Crippen molar-refractivity contribution in [2.24, 2.45) is 11.8 Å². The summed E-state index contributed by atoms with van der Waals surface area (Å²) in [6, 6.07) is 0. The van der Waals surface area contributed by atoms with Gasteiger partial charge in [0, 0.05) is 19.3 Å². The molecule has 6 nitrogen and oxygen atoms in total. The summed E-state index contributed by atoms with van der Waals surface area (Å²) in [4.78, 5) is 37.8. The second-order valence-corrected chi connectivity index (χ2v) is 18.9. The van der Waals surface area contributed by atoms with E-state index in [2.05, 4.69) is 34.6 Å². The van der Waals surface area contributed by atoms with Gasteiger partial charge in [0.15, 0.2) is 6.10 Å². The van der Waals surface area contributed by atoms with Crippen LogP contribution in [0.15, 0.2) is 0 Å². The van der Waals surface area contributed by atoms with Crippen LogP contribution in [-0.4, -0.2) is 37.2 Å². The van der Waals surface area contributed by atoms with Gasteiger partial charge in [0.25, 0.3) is 0 Å². The summed E-state index contributed by atoms with van der Waals surface area (Å²) in [5.74, 6) is 0.882. The fraction of sp³-hybridized carbons (Fsp3) is 0.943. The normalized spacial score (nSPS) is 12.5. The molecule has 0 radical (unpaired) electrons. The van der Waals surface area contributed by atoms with Crippen LogP contribution >= 0.6 is 0 Å². The number of ether oxygens (including phenoxy) is 3. The monoisotopic (exact) mass is 835 g/mol. The molecule has 0 fully saturated rings. The largest absolute Gasteiger partial charge is 0.462 e. The van der Waals surface area contributed by atoms with Gasteiger partial charge >= 0.3 is 17.9 Å². The van der Waals surface area contributed by atoms with E-state index in [1.54, 1.807) is 0 Å². The zero-order valence-electron chi connectivity index (χ0n) is 40.4. The van der Waals surface area contributed by atoms with Crippen molar-refractivity contribution in [1.29, 1.82) is 0 Å². The lowest BCUT2D eigenvalue weighted by Crippen LogP contribution is -2.30. The first kappa shape index (κ1) is 57.4. The number of rotatable bonds is 47. The lowest BCUT2D eigenvalue weighted by atomic mass is 9.99. The van der Waals surface area contributed by atoms with E-state index in [1.807, 2.05) is 0 Å². The van der Waals surface area contributed by atoms with Crippen LogP contribution in [0.1, 0.15) is 291 Å². The van der Waals surface area contributed by atoms with Crippen LogP contribution in [0.25, 0.3) is 0 Å². The van der Waals surface area contributed by atoms with Gasteiger partial charge < -0.3 is 14.2 Å². The Kier molecular flexibility index (Phi) is 44.7. The molecule has 1 unspecified atom stereocenters. The summed E-state index contributed by atoms with van der Waals surface area (Å²) in [6.45, 7) is 11.4. The molecule has 0 saturated carbocycles. The fourth-order valence-corrected chi connectivity index (χ4v) is 7.96. The van der Waals surface area contributed by atoms with E-state index >= 15 is 0 Å². The second kappa shape index (κ2) is 45.9. The maximum absolute atomic E-state index is 12.7. The Bertz CT molecular complexity index is 902. The maximum Gasteiger partial charge on any atom is 0.306 e. The van der Waals surface area contributed by atoms with Gasteiger partial charge in [-0.15, -0.1) is 0 Å². The molecule has 350 valence electrons. The van der Waals surface area contributed by atoms with Crippen LogP contribution in [-0.2, 0) is 28.6 Å². The summed E-state index contributed by atoms with van der Waals surface area (Å²) < 4.78 is 16.8. The van der Waals surface area contributed by atoms with Gasteiger partial charge in [0.05, 0.1) is 0 Å². The Hall–Kier alpha value is -1.59. The van der Waals surface area contributed by atoms with Crippen molar-refractivity contribution in [1.82, 2.24) is 0 Å². The van der Waals surface area contributed by atoms with Crippen molar-refractivity contribution < 1.29 is 28.6 Å². The van der Waals surface area contributed by atoms with Gasteiger partial charge in [-0.2, -0.15) is 0 Å². The van der Waals surface area contributed by atoms with E-state index in [0.29, 0.717) is 19.3 Å². The van der Waals surface area contributed by atoms with Gasteiger partial charge in [-0.3, -0.25) is 14.4 Å². The van der Waals surface area contributed by atoms with Gasteiger partial charge in [-0.05, 0) is 31.1 Å². The summed E-state index contributed by atoms with van der Waals surface area (Å²) in [5.41, 5.74) is 0. The molecule has 0 aliphatic rings. The number of hydrogen-bond acceptors (Lipinski definition) is 6. The molecule has 0 saturated heterocycles. The maximum atomic E-state index is 12.7. The van der Waals surface area contributed by atoms with Crippen molar-refractivity contribution in [3.63, 3.8) is 0 Å². The highest BCUT2D eigenvalue weighted by atomic mass is 16.6. The minimum atomic E-state index is -0.760. The van der Waals surface area contributed by atoms with Crippen molar-refractivity contribution in [2.75, 3.05) is 13.2 Å². The molecule has 0 spiro atoms. The van der Waals surface area contributed by atoms with Crippen molar-refractivity contribution >= 4 is 17.9 Å². The van der Waals surface area contributed by atoms with E-state index in [4.69, 9.17) is 14.2 Å². The topological polar surface area (TPSA) is 78.9 Å². The Morgan fingerprint density at radius 2 is 0.644 bits per heavy atom. The molecule has 0 aromatic rings. The lowest BCUT2D eigenvalue weighted by molar-refractivity contribution is -0.167. The zero-order valence-corrected chi connectivity index (χ0v) is 40.4. The van der Waals surface area contributed by atoms with Crippen molar-refractivity contribution in [3.05, 3.63) is 0 Å². The van der Waals surface area contributed by atoms with E-state index in [-0.39, 0.29) is 31.1 Å². The van der Waals surface area contributed by atoms with E-state index in [0.717, 1.165) is 69.6 Å². The van der Waals surface area contributed by atoms with Crippen LogP contribution in [0.4, 0.5) is 0 Å². The molecule has 59 heavy (non-hydrogen) atoms. The molecular formula is C53H102O6. The standard InChI is InChI=1S/C53H102O6/c1-6-8-9-10-26-35-40-45-53(56)59-50(47-58-52(55)44-39-34-30-25-21-17-13-14-18-22-27-31-36-41-48(3)4)46-57-51(54)43-38-33-29-24-20-16-12-11-15-19-23-28-32-37-42-49(5)7-2/h48-50H,6-47H2,1-5H3/t49?,50-/m0/s1. The number of carbonyl (C=O) groups excluding carboxylic acids is 3. The first-order chi connectivity index (χ1) is 28.8. The first-order valence-corrected chi connectivity index (χ1v) is 26.3. The number of unbranched alkanes of at least 4 members (excludes halogenated alkanes) is 31. The van der Waals surface area contributed by atoms with Gasteiger partial charge in [0.2, 0.25) is 0 Å². The lowest BCUT2D eigenvalue weighted by Gasteiger charge is -2.18. The fourth-order valence-electron chi connectivity index (χ4n) is 7.96. The highest BCUT2D eigenvalue weighted by Crippen LogP contribution is 2.18. The van der Waals surface area contributed by atoms with Crippen molar-refractivity contribution in [3.8, 4) is 0 Å². The molecule has 0 aromatic heterocycles. The molecule has 6 heteroatoms. The minimum Gasteiger partial charge on any atom is -0.462 e. The third-order valence-electron chi connectivity index (χ3n) is 12.3. The quantitative estimate of drug-likeness (QED) is 0.0345. The molecule has 0 rings (SSSR count). The molecule has 0 N–H and O–H groups in total. The van der Waals surface area contributed by atoms with Gasteiger partial charge in [0.1, 0.15) is 13.2 Å². The molecular weight excluding hydrogens is 733 g/mol. The molecule has 0 aliphatic carbocycles. The highest BCUT2D eigenvalue weighted by molar-refractivity contribution is 5.71. The number of carbonyl (C=O) groups is 3. The number of hydrogen-bond donors (Lipinski definition) is 0.